The Labute approximate surface area is 132 Å². The van der Waals surface area contributed by atoms with Crippen LogP contribution in [0.3, 0.4) is 0 Å². The average Bonchev–Trinajstić information content (AvgIpc) is 2.86. The Hall–Kier alpha value is -3.15. The number of fused-ring (bicyclic) bond motifs is 3. The standard InChI is InChI=1S/C17H14N4O2/c22-12-6-7-13-15(9-12)21-16(10-17(23)18-13)14(19-20-21)8-11-4-2-1-3-5-11/h1-7,9,22H,8,10H2,(H,18,23). The van der Waals surface area contributed by atoms with Crippen molar-refractivity contribution in [2.24, 2.45) is 0 Å². The van der Waals surface area contributed by atoms with E-state index in [2.05, 4.69) is 15.6 Å². The number of carbonyl (C=O) groups excluding carboxylic acids is 1. The number of hydrogen-bond donors (Lipinski definition) is 2. The van der Waals surface area contributed by atoms with Gasteiger partial charge in [0.15, 0.2) is 0 Å². The molecule has 0 aliphatic carbocycles. The molecule has 0 fully saturated rings. The number of phenols is 1. The second-order valence-electron chi connectivity index (χ2n) is 5.48. The minimum Gasteiger partial charge on any atom is -0.508 e. The Morgan fingerprint density at radius 1 is 1.17 bits per heavy atom. The summed E-state index contributed by atoms with van der Waals surface area (Å²) >= 11 is 0. The number of hydrogen-bond acceptors (Lipinski definition) is 4. The molecule has 0 bridgehead atoms. The Bertz CT molecular complexity index is 887. The molecule has 23 heavy (non-hydrogen) atoms. The summed E-state index contributed by atoms with van der Waals surface area (Å²) in [6, 6.07) is 14.7. The van der Waals surface area contributed by atoms with Crippen LogP contribution in [0.1, 0.15) is 17.0 Å². The van der Waals surface area contributed by atoms with Crippen molar-refractivity contribution in [2.75, 3.05) is 5.32 Å². The quantitative estimate of drug-likeness (QED) is 0.710. The van der Waals surface area contributed by atoms with Crippen LogP contribution in [0, 0.1) is 0 Å². The highest BCUT2D eigenvalue weighted by Crippen LogP contribution is 2.29. The zero-order valence-corrected chi connectivity index (χ0v) is 12.2. The van der Waals surface area contributed by atoms with Crippen LogP contribution in [0.5, 0.6) is 5.75 Å². The van der Waals surface area contributed by atoms with Gasteiger partial charge in [0, 0.05) is 12.5 Å². The molecule has 0 spiro atoms. The lowest BCUT2D eigenvalue weighted by molar-refractivity contribution is -0.115. The van der Waals surface area contributed by atoms with Crippen LogP contribution in [0.4, 0.5) is 5.69 Å². The molecule has 114 valence electrons. The summed E-state index contributed by atoms with van der Waals surface area (Å²) in [5.41, 5.74) is 3.86. The van der Waals surface area contributed by atoms with Crippen LogP contribution >= 0.6 is 0 Å². The summed E-state index contributed by atoms with van der Waals surface area (Å²) < 4.78 is 1.63. The molecule has 6 heteroatoms. The summed E-state index contributed by atoms with van der Waals surface area (Å²) in [6.45, 7) is 0. The van der Waals surface area contributed by atoms with Crippen LogP contribution in [0.25, 0.3) is 5.69 Å². The number of amides is 1. The van der Waals surface area contributed by atoms with Gasteiger partial charge >= 0.3 is 0 Å². The molecule has 1 amide bonds. The number of phenolic OH excluding ortho intramolecular Hbond substituents is 1. The molecule has 0 atom stereocenters. The van der Waals surface area contributed by atoms with Crippen molar-refractivity contribution in [2.45, 2.75) is 12.8 Å². The van der Waals surface area contributed by atoms with Gasteiger partial charge in [-0.3, -0.25) is 4.79 Å². The molecule has 2 heterocycles. The van der Waals surface area contributed by atoms with E-state index in [0.29, 0.717) is 17.8 Å². The Kier molecular flexibility index (Phi) is 3.08. The molecule has 2 N–H and O–H groups in total. The summed E-state index contributed by atoms with van der Waals surface area (Å²) in [4.78, 5) is 12.2. The minimum absolute atomic E-state index is 0.117. The van der Waals surface area contributed by atoms with E-state index in [4.69, 9.17) is 0 Å². The highest BCUT2D eigenvalue weighted by molar-refractivity contribution is 5.95. The first-order valence-electron chi connectivity index (χ1n) is 7.31. The van der Waals surface area contributed by atoms with Crippen molar-refractivity contribution in [1.29, 1.82) is 0 Å². The molecular weight excluding hydrogens is 292 g/mol. The second-order valence-corrected chi connectivity index (χ2v) is 5.48. The largest absolute Gasteiger partial charge is 0.508 e. The molecular formula is C17H14N4O2. The highest BCUT2D eigenvalue weighted by atomic mass is 16.3. The summed E-state index contributed by atoms with van der Waals surface area (Å²) in [7, 11) is 0. The van der Waals surface area contributed by atoms with E-state index in [0.717, 1.165) is 17.0 Å². The predicted molar refractivity (Wildman–Crippen MR) is 84.6 cm³/mol. The van der Waals surface area contributed by atoms with Crippen LogP contribution in [-0.4, -0.2) is 26.0 Å². The fraction of sp³-hybridized carbons (Fsp3) is 0.118. The van der Waals surface area contributed by atoms with Gasteiger partial charge in [-0.2, -0.15) is 0 Å². The van der Waals surface area contributed by atoms with Crippen LogP contribution in [0.15, 0.2) is 48.5 Å². The van der Waals surface area contributed by atoms with Crippen LogP contribution in [-0.2, 0) is 17.6 Å². The molecule has 0 radical (unpaired) electrons. The van der Waals surface area contributed by atoms with Crippen LogP contribution < -0.4 is 5.32 Å². The lowest BCUT2D eigenvalue weighted by Gasteiger charge is -2.07. The fourth-order valence-corrected chi connectivity index (χ4v) is 2.78. The molecule has 4 rings (SSSR count). The van der Waals surface area contributed by atoms with Gasteiger partial charge in [-0.15, -0.1) is 5.10 Å². The number of benzene rings is 2. The first-order chi connectivity index (χ1) is 11.2. The zero-order valence-electron chi connectivity index (χ0n) is 12.2. The van der Waals surface area contributed by atoms with Crippen molar-refractivity contribution >= 4 is 11.6 Å². The van der Waals surface area contributed by atoms with Gasteiger partial charge < -0.3 is 10.4 Å². The molecule has 0 unspecified atom stereocenters. The van der Waals surface area contributed by atoms with Crippen molar-refractivity contribution in [3.05, 3.63) is 65.5 Å². The number of anilines is 1. The van der Waals surface area contributed by atoms with Gasteiger partial charge in [-0.1, -0.05) is 35.5 Å². The van der Waals surface area contributed by atoms with Crippen molar-refractivity contribution < 1.29 is 9.90 Å². The maximum Gasteiger partial charge on any atom is 0.230 e. The number of aromatic hydroxyl groups is 1. The number of rotatable bonds is 2. The Morgan fingerprint density at radius 3 is 2.83 bits per heavy atom. The molecule has 3 aromatic rings. The van der Waals surface area contributed by atoms with Crippen molar-refractivity contribution in [1.82, 2.24) is 15.0 Å². The number of nitrogens with zero attached hydrogens (tertiary/aromatic N) is 3. The lowest BCUT2D eigenvalue weighted by Crippen LogP contribution is -2.13. The Balaban J connectivity index is 1.82. The van der Waals surface area contributed by atoms with Crippen molar-refractivity contribution in [3.63, 3.8) is 0 Å². The van der Waals surface area contributed by atoms with Gasteiger partial charge in [0.25, 0.3) is 0 Å². The third-order valence-electron chi connectivity index (χ3n) is 3.87. The second kappa shape index (κ2) is 5.24. The molecule has 0 saturated carbocycles. The molecule has 1 aromatic heterocycles. The molecule has 1 aliphatic heterocycles. The molecule has 1 aliphatic rings. The normalized spacial score (nSPS) is 13.0. The zero-order chi connectivity index (χ0) is 15.8. The average molecular weight is 306 g/mol. The van der Waals surface area contributed by atoms with E-state index < -0.39 is 0 Å². The monoisotopic (exact) mass is 306 g/mol. The van der Waals surface area contributed by atoms with Crippen LogP contribution in [0.2, 0.25) is 0 Å². The highest BCUT2D eigenvalue weighted by Gasteiger charge is 2.24. The van der Waals surface area contributed by atoms with Gasteiger partial charge in [0.05, 0.1) is 29.2 Å². The topological polar surface area (TPSA) is 80.0 Å². The maximum absolute atomic E-state index is 12.2. The number of aromatic nitrogens is 3. The molecule has 2 aromatic carbocycles. The molecule has 0 saturated heterocycles. The van der Waals surface area contributed by atoms with Gasteiger partial charge in [0.1, 0.15) is 5.75 Å². The smallest absolute Gasteiger partial charge is 0.230 e. The summed E-state index contributed by atoms with van der Waals surface area (Å²) in [5.74, 6) is -0.00161. The predicted octanol–water partition coefficient (Wildman–Crippen LogP) is 2.06. The summed E-state index contributed by atoms with van der Waals surface area (Å²) in [6.07, 6.45) is 0.808. The first-order valence-corrected chi connectivity index (χ1v) is 7.31. The third kappa shape index (κ3) is 2.44. The van der Waals surface area contributed by atoms with Crippen molar-refractivity contribution in [3.8, 4) is 11.4 Å². The third-order valence-corrected chi connectivity index (χ3v) is 3.87. The fourth-order valence-electron chi connectivity index (χ4n) is 2.78. The SMILES string of the molecule is O=C1Cc2c(Cc3ccccc3)nnn2-c2cc(O)ccc2N1. The van der Waals surface area contributed by atoms with E-state index in [1.807, 2.05) is 30.3 Å². The van der Waals surface area contributed by atoms with E-state index in [1.165, 1.54) is 6.07 Å². The van der Waals surface area contributed by atoms with E-state index in [-0.39, 0.29) is 18.1 Å². The number of carbonyl (C=O) groups is 1. The van der Waals surface area contributed by atoms with E-state index >= 15 is 0 Å². The lowest BCUT2D eigenvalue weighted by atomic mass is 10.1. The Morgan fingerprint density at radius 2 is 2.00 bits per heavy atom. The van der Waals surface area contributed by atoms with Gasteiger partial charge in [0.2, 0.25) is 5.91 Å². The van der Waals surface area contributed by atoms with Gasteiger partial charge in [-0.05, 0) is 17.7 Å². The van der Waals surface area contributed by atoms with E-state index in [9.17, 15) is 9.90 Å². The number of nitrogens with one attached hydrogen (secondary N) is 1. The van der Waals surface area contributed by atoms with E-state index in [1.54, 1.807) is 16.8 Å². The van der Waals surface area contributed by atoms with Gasteiger partial charge in [-0.25, -0.2) is 4.68 Å². The maximum atomic E-state index is 12.2. The minimum atomic E-state index is -0.118. The first kappa shape index (κ1) is 13.5. The summed E-state index contributed by atoms with van der Waals surface area (Å²) in [5, 5.41) is 21.0. The molecule has 6 nitrogen and oxygen atoms in total.